The molecular formula is C17H24N4. The molecule has 0 N–H and O–H groups in total. The standard InChI is InChI=1S/C17H24N4/c1-13-10-14(2)21(19-13)12-17-7-5-9-20(17)15(3)16-6-4-8-18-11-16/h4,6,8,10-11,15,17H,5,7,9,12H2,1-3H3/t15-,17+/m1/s1. The molecule has 0 radical (unpaired) electrons. The summed E-state index contributed by atoms with van der Waals surface area (Å²) in [6, 6.07) is 7.35. The zero-order valence-electron chi connectivity index (χ0n) is 13.2. The van der Waals surface area contributed by atoms with Crippen molar-refractivity contribution in [3.05, 3.63) is 47.5 Å². The smallest absolute Gasteiger partial charge is 0.0596 e. The number of hydrogen-bond donors (Lipinski definition) is 0. The molecule has 0 aromatic carbocycles. The number of aromatic nitrogens is 3. The van der Waals surface area contributed by atoms with Gasteiger partial charge in [-0.25, -0.2) is 0 Å². The van der Waals surface area contributed by atoms with Gasteiger partial charge in [0.05, 0.1) is 12.2 Å². The van der Waals surface area contributed by atoms with Crippen LogP contribution in [0.25, 0.3) is 0 Å². The lowest BCUT2D eigenvalue weighted by molar-refractivity contribution is 0.172. The highest BCUT2D eigenvalue weighted by Gasteiger charge is 2.29. The van der Waals surface area contributed by atoms with Gasteiger partial charge in [0.1, 0.15) is 0 Å². The second-order valence-corrected chi connectivity index (χ2v) is 6.11. The summed E-state index contributed by atoms with van der Waals surface area (Å²) in [5.41, 5.74) is 3.67. The summed E-state index contributed by atoms with van der Waals surface area (Å²) in [4.78, 5) is 6.86. The molecule has 3 heterocycles. The first-order chi connectivity index (χ1) is 10.1. The van der Waals surface area contributed by atoms with Crippen LogP contribution < -0.4 is 0 Å². The van der Waals surface area contributed by atoms with E-state index in [0.717, 1.165) is 12.2 Å². The van der Waals surface area contributed by atoms with E-state index in [1.807, 2.05) is 18.5 Å². The number of nitrogens with zero attached hydrogens (tertiary/aromatic N) is 4. The lowest BCUT2D eigenvalue weighted by Gasteiger charge is -2.31. The Morgan fingerprint density at radius 2 is 2.24 bits per heavy atom. The fourth-order valence-corrected chi connectivity index (χ4v) is 3.44. The summed E-state index contributed by atoms with van der Waals surface area (Å²) in [6.07, 6.45) is 6.36. The maximum atomic E-state index is 4.62. The average molecular weight is 284 g/mol. The molecule has 0 aliphatic carbocycles. The van der Waals surface area contributed by atoms with Gasteiger partial charge < -0.3 is 0 Å². The highest BCUT2D eigenvalue weighted by Crippen LogP contribution is 2.29. The molecule has 0 amide bonds. The van der Waals surface area contributed by atoms with Gasteiger partial charge in [0.15, 0.2) is 0 Å². The summed E-state index contributed by atoms with van der Waals surface area (Å²) in [5.74, 6) is 0. The van der Waals surface area contributed by atoms with Gasteiger partial charge >= 0.3 is 0 Å². The van der Waals surface area contributed by atoms with Crippen LogP contribution in [-0.4, -0.2) is 32.3 Å². The summed E-state index contributed by atoms with van der Waals surface area (Å²) in [6.45, 7) is 8.65. The molecule has 4 nitrogen and oxygen atoms in total. The van der Waals surface area contributed by atoms with Gasteiger partial charge in [-0.3, -0.25) is 14.6 Å². The minimum atomic E-state index is 0.420. The predicted octanol–water partition coefficient (Wildman–Crippen LogP) is 3.12. The quantitative estimate of drug-likeness (QED) is 0.865. The highest BCUT2D eigenvalue weighted by atomic mass is 15.3. The van der Waals surface area contributed by atoms with Gasteiger partial charge in [0.25, 0.3) is 0 Å². The second-order valence-electron chi connectivity index (χ2n) is 6.11. The van der Waals surface area contributed by atoms with Crippen molar-refractivity contribution < 1.29 is 0 Å². The molecule has 0 saturated carbocycles. The van der Waals surface area contributed by atoms with Crippen LogP contribution in [0.3, 0.4) is 0 Å². The Hall–Kier alpha value is -1.68. The first kappa shape index (κ1) is 14.3. The largest absolute Gasteiger partial charge is 0.292 e. The predicted molar refractivity (Wildman–Crippen MR) is 84.1 cm³/mol. The molecule has 1 aliphatic rings. The zero-order valence-corrected chi connectivity index (χ0v) is 13.2. The molecule has 0 unspecified atom stereocenters. The maximum Gasteiger partial charge on any atom is 0.0596 e. The number of hydrogen-bond acceptors (Lipinski definition) is 3. The first-order valence-electron chi connectivity index (χ1n) is 7.82. The second kappa shape index (κ2) is 5.98. The topological polar surface area (TPSA) is 34.0 Å². The fourth-order valence-electron chi connectivity index (χ4n) is 3.44. The third-order valence-electron chi connectivity index (χ3n) is 4.57. The van der Waals surface area contributed by atoms with Crippen LogP contribution in [-0.2, 0) is 6.54 Å². The number of aryl methyl sites for hydroxylation is 2. The zero-order chi connectivity index (χ0) is 14.8. The number of pyridine rings is 1. The van der Waals surface area contributed by atoms with Crippen molar-refractivity contribution in [2.45, 2.75) is 52.2 Å². The summed E-state index contributed by atoms with van der Waals surface area (Å²) in [7, 11) is 0. The summed E-state index contributed by atoms with van der Waals surface area (Å²) < 4.78 is 2.16. The van der Waals surface area contributed by atoms with E-state index in [1.54, 1.807) is 0 Å². The van der Waals surface area contributed by atoms with Crippen molar-refractivity contribution >= 4 is 0 Å². The molecule has 1 fully saturated rings. The Kier molecular flexibility index (Phi) is 4.06. The van der Waals surface area contributed by atoms with Gasteiger partial charge in [-0.05, 0) is 57.9 Å². The normalized spacial score (nSPS) is 20.8. The monoisotopic (exact) mass is 284 g/mol. The van der Waals surface area contributed by atoms with E-state index < -0.39 is 0 Å². The first-order valence-corrected chi connectivity index (χ1v) is 7.82. The van der Waals surface area contributed by atoms with Gasteiger partial charge in [-0.1, -0.05) is 6.07 Å². The van der Waals surface area contributed by atoms with Gasteiger partial charge in [0, 0.05) is 30.2 Å². The van der Waals surface area contributed by atoms with Crippen molar-refractivity contribution in [3.63, 3.8) is 0 Å². The molecule has 112 valence electrons. The van der Waals surface area contributed by atoms with Gasteiger partial charge in [0.2, 0.25) is 0 Å². The van der Waals surface area contributed by atoms with Gasteiger partial charge in [-0.15, -0.1) is 0 Å². The minimum absolute atomic E-state index is 0.420. The lowest BCUT2D eigenvalue weighted by atomic mass is 10.1. The minimum Gasteiger partial charge on any atom is -0.292 e. The van der Waals surface area contributed by atoms with Crippen LogP contribution in [0.4, 0.5) is 0 Å². The number of rotatable bonds is 4. The van der Waals surface area contributed by atoms with Crippen LogP contribution in [0.1, 0.15) is 42.8 Å². The molecule has 21 heavy (non-hydrogen) atoms. The molecule has 1 aliphatic heterocycles. The van der Waals surface area contributed by atoms with Crippen LogP contribution in [0.2, 0.25) is 0 Å². The molecule has 0 bridgehead atoms. The van der Waals surface area contributed by atoms with E-state index in [-0.39, 0.29) is 0 Å². The average Bonchev–Trinajstić information content (AvgIpc) is 3.06. The lowest BCUT2D eigenvalue weighted by Crippen LogP contribution is -2.35. The Labute approximate surface area is 126 Å². The van der Waals surface area contributed by atoms with Crippen LogP contribution in [0.15, 0.2) is 30.6 Å². The van der Waals surface area contributed by atoms with Crippen molar-refractivity contribution in [1.82, 2.24) is 19.7 Å². The van der Waals surface area contributed by atoms with E-state index in [9.17, 15) is 0 Å². The fraction of sp³-hybridized carbons (Fsp3) is 0.529. The Morgan fingerprint density at radius 1 is 1.38 bits per heavy atom. The maximum absolute atomic E-state index is 4.62. The third kappa shape index (κ3) is 3.00. The molecule has 2 atom stereocenters. The Bertz CT molecular complexity index is 590. The highest BCUT2D eigenvalue weighted by molar-refractivity contribution is 5.14. The van der Waals surface area contributed by atoms with Gasteiger partial charge in [-0.2, -0.15) is 5.10 Å². The van der Waals surface area contributed by atoms with E-state index in [2.05, 4.69) is 52.6 Å². The van der Waals surface area contributed by atoms with Crippen LogP contribution in [0.5, 0.6) is 0 Å². The van der Waals surface area contributed by atoms with Crippen molar-refractivity contribution in [2.24, 2.45) is 0 Å². The Balaban J connectivity index is 1.75. The van der Waals surface area contributed by atoms with E-state index in [1.165, 1.54) is 30.6 Å². The summed E-state index contributed by atoms with van der Waals surface area (Å²) >= 11 is 0. The van der Waals surface area contributed by atoms with E-state index >= 15 is 0 Å². The molecule has 0 spiro atoms. The molecule has 4 heteroatoms. The van der Waals surface area contributed by atoms with Crippen molar-refractivity contribution in [2.75, 3.05) is 6.54 Å². The Morgan fingerprint density at radius 3 is 2.90 bits per heavy atom. The molecule has 1 saturated heterocycles. The van der Waals surface area contributed by atoms with Crippen LogP contribution >= 0.6 is 0 Å². The van der Waals surface area contributed by atoms with Crippen LogP contribution in [0, 0.1) is 13.8 Å². The van der Waals surface area contributed by atoms with Crippen molar-refractivity contribution in [3.8, 4) is 0 Å². The molecular weight excluding hydrogens is 260 g/mol. The van der Waals surface area contributed by atoms with E-state index in [4.69, 9.17) is 0 Å². The number of likely N-dealkylation sites (tertiary alicyclic amines) is 1. The van der Waals surface area contributed by atoms with Crippen molar-refractivity contribution in [1.29, 1.82) is 0 Å². The SMILES string of the molecule is Cc1cc(C)n(C[C@@H]2CCCN2[C@H](C)c2cccnc2)n1. The third-order valence-corrected chi connectivity index (χ3v) is 4.57. The molecule has 2 aromatic heterocycles. The molecule has 2 aromatic rings. The van der Waals surface area contributed by atoms with E-state index in [0.29, 0.717) is 12.1 Å². The molecule has 3 rings (SSSR count). The summed E-state index contributed by atoms with van der Waals surface area (Å²) in [5, 5.41) is 4.62.